The third-order valence-electron chi connectivity index (χ3n) is 4.05. The van der Waals surface area contributed by atoms with Crippen LogP contribution in [-0.2, 0) is 0 Å². The number of hydrogen-bond acceptors (Lipinski definition) is 6. The quantitative estimate of drug-likeness (QED) is 0.689. The lowest BCUT2D eigenvalue weighted by Crippen LogP contribution is -2.34. The average molecular weight is 371 g/mol. The molecule has 1 amide bonds. The molecule has 0 aliphatic heterocycles. The molecule has 0 aliphatic rings. The third-order valence-corrected chi connectivity index (χ3v) is 5.02. The fraction of sp³-hybridized carbons (Fsp3) is 0.263. The zero-order valence-electron chi connectivity index (χ0n) is 14.9. The number of methoxy groups -OCH3 is 1. The van der Waals surface area contributed by atoms with Gasteiger partial charge in [0.05, 0.1) is 13.2 Å². The van der Waals surface area contributed by atoms with Crippen LogP contribution >= 0.6 is 11.3 Å². The molecule has 2 aromatic heterocycles. The summed E-state index contributed by atoms with van der Waals surface area (Å²) in [4.78, 5) is 15.7. The number of nitrogens with zero attached hydrogens (tertiary/aromatic N) is 2. The molecule has 2 heterocycles. The van der Waals surface area contributed by atoms with E-state index in [1.807, 2.05) is 49.8 Å². The van der Waals surface area contributed by atoms with Gasteiger partial charge >= 0.3 is 0 Å². The summed E-state index contributed by atoms with van der Waals surface area (Å²) in [7, 11) is 5.59. The van der Waals surface area contributed by atoms with E-state index in [2.05, 4.69) is 21.4 Å². The van der Waals surface area contributed by atoms with Crippen molar-refractivity contribution < 1.29 is 14.1 Å². The number of thiophene rings is 1. The van der Waals surface area contributed by atoms with Gasteiger partial charge in [-0.2, -0.15) is 0 Å². The highest BCUT2D eigenvalue weighted by molar-refractivity contribution is 7.10. The molecule has 1 unspecified atom stereocenters. The maximum Gasteiger partial charge on any atom is 0.273 e. The Bertz CT molecular complexity index is 859. The molecule has 0 spiro atoms. The van der Waals surface area contributed by atoms with Crippen LogP contribution in [-0.4, -0.2) is 43.7 Å². The first-order chi connectivity index (χ1) is 12.6. The predicted molar refractivity (Wildman–Crippen MR) is 102 cm³/mol. The summed E-state index contributed by atoms with van der Waals surface area (Å²) in [5, 5.41) is 8.86. The van der Waals surface area contributed by atoms with Gasteiger partial charge < -0.3 is 19.5 Å². The molecule has 0 radical (unpaired) electrons. The molecule has 7 heteroatoms. The topological polar surface area (TPSA) is 67.6 Å². The summed E-state index contributed by atoms with van der Waals surface area (Å²) in [5.74, 6) is 0.984. The van der Waals surface area contributed by atoms with E-state index in [1.165, 1.54) is 4.88 Å². The lowest BCUT2D eigenvalue weighted by Gasteiger charge is -2.23. The number of hydrogen-bond donors (Lipinski definition) is 1. The number of amides is 1. The maximum atomic E-state index is 12.4. The van der Waals surface area contributed by atoms with Crippen LogP contribution in [0.25, 0.3) is 11.3 Å². The highest BCUT2D eigenvalue weighted by Crippen LogP contribution is 2.25. The Morgan fingerprint density at radius 1 is 1.31 bits per heavy atom. The second kappa shape index (κ2) is 8.16. The van der Waals surface area contributed by atoms with Gasteiger partial charge in [0.25, 0.3) is 5.91 Å². The van der Waals surface area contributed by atoms with Crippen LogP contribution in [0.2, 0.25) is 0 Å². The highest BCUT2D eigenvalue weighted by Gasteiger charge is 2.19. The van der Waals surface area contributed by atoms with E-state index in [4.69, 9.17) is 9.26 Å². The van der Waals surface area contributed by atoms with Gasteiger partial charge in [0, 0.05) is 23.1 Å². The van der Waals surface area contributed by atoms with E-state index in [9.17, 15) is 4.79 Å². The molecule has 1 N–H and O–H groups in total. The van der Waals surface area contributed by atoms with Crippen LogP contribution in [0.3, 0.4) is 0 Å². The van der Waals surface area contributed by atoms with Crippen molar-refractivity contribution >= 4 is 17.2 Å². The number of carbonyl (C=O) groups is 1. The summed E-state index contributed by atoms with van der Waals surface area (Å²) in [6.45, 7) is 0.494. The van der Waals surface area contributed by atoms with Crippen molar-refractivity contribution in [2.24, 2.45) is 0 Å². The van der Waals surface area contributed by atoms with Gasteiger partial charge in [0.15, 0.2) is 11.5 Å². The molecular weight excluding hydrogens is 350 g/mol. The normalized spacial score (nSPS) is 12.2. The molecule has 1 aromatic carbocycles. The fourth-order valence-corrected chi connectivity index (χ4v) is 3.52. The van der Waals surface area contributed by atoms with Gasteiger partial charge in [-0.05, 0) is 37.7 Å². The van der Waals surface area contributed by atoms with Gasteiger partial charge in [0.2, 0.25) is 0 Å². The lowest BCUT2D eigenvalue weighted by molar-refractivity contribution is 0.0933. The molecule has 0 aliphatic carbocycles. The van der Waals surface area contributed by atoms with Crippen LogP contribution in [0.5, 0.6) is 5.75 Å². The minimum Gasteiger partial charge on any atom is -0.497 e. The standard InChI is InChI=1S/C19H21N3O3S/c1-22(2)16(18-8-5-9-26-18)12-20-19(23)15-11-17(25-21-15)13-6-4-7-14(10-13)24-3/h4-11,16H,12H2,1-3H3,(H,20,23). The van der Waals surface area contributed by atoms with E-state index in [0.717, 1.165) is 11.3 Å². The molecule has 0 saturated heterocycles. The smallest absolute Gasteiger partial charge is 0.273 e. The van der Waals surface area contributed by atoms with E-state index in [0.29, 0.717) is 12.3 Å². The lowest BCUT2D eigenvalue weighted by atomic mass is 10.1. The van der Waals surface area contributed by atoms with Crippen LogP contribution in [0.4, 0.5) is 0 Å². The number of benzene rings is 1. The Labute approximate surface area is 156 Å². The highest BCUT2D eigenvalue weighted by atomic mass is 32.1. The van der Waals surface area contributed by atoms with E-state index < -0.39 is 0 Å². The van der Waals surface area contributed by atoms with Gasteiger partial charge in [-0.3, -0.25) is 4.79 Å². The monoisotopic (exact) mass is 371 g/mol. The Kier molecular flexibility index (Phi) is 5.70. The molecule has 6 nitrogen and oxygen atoms in total. The number of ether oxygens (including phenoxy) is 1. The maximum absolute atomic E-state index is 12.4. The van der Waals surface area contributed by atoms with Crippen LogP contribution in [0.1, 0.15) is 21.4 Å². The van der Waals surface area contributed by atoms with Crippen molar-refractivity contribution in [2.75, 3.05) is 27.7 Å². The number of rotatable bonds is 7. The Balaban J connectivity index is 1.68. The minimum atomic E-state index is -0.258. The van der Waals surface area contributed by atoms with Crippen LogP contribution < -0.4 is 10.1 Å². The number of nitrogens with one attached hydrogen (secondary N) is 1. The van der Waals surface area contributed by atoms with Crippen LogP contribution in [0, 0.1) is 0 Å². The second-order valence-electron chi connectivity index (χ2n) is 6.01. The molecule has 136 valence electrons. The van der Waals surface area contributed by atoms with Crippen molar-refractivity contribution in [1.29, 1.82) is 0 Å². The summed E-state index contributed by atoms with van der Waals surface area (Å²) in [6.07, 6.45) is 0. The molecule has 1 atom stereocenters. The first kappa shape index (κ1) is 18.2. The van der Waals surface area contributed by atoms with Crippen molar-refractivity contribution in [3.63, 3.8) is 0 Å². The Morgan fingerprint density at radius 2 is 2.15 bits per heavy atom. The second-order valence-corrected chi connectivity index (χ2v) is 6.99. The molecule has 3 aromatic rings. The fourth-order valence-electron chi connectivity index (χ4n) is 2.59. The molecule has 26 heavy (non-hydrogen) atoms. The van der Waals surface area contributed by atoms with E-state index in [-0.39, 0.29) is 17.6 Å². The number of likely N-dealkylation sites (N-methyl/N-ethyl adjacent to an activating group) is 1. The minimum absolute atomic E-state index is 0.115. The van der Waals surface area contributed by atoms with Gasteiger partial charge in [-0.1, -0.05) is 23.4 Å². The van der Waals surface area contributed by atoms with Crippen LogP contribution in [0.15, 0.2) is 52.4 Å². The molecular formula is C19H21N3O3S. The first-order valence-corrected chi connectivity index (χ1v) is 9.05. The first-order valence-electron chi connectivity index (χ1n) is 8.17. The van der Waals surface area contributed by atoms with Crippen molar-refractivity contribution in [2.45, 2.75) is 6.04 Å². The Hall–Kier alpha value is -2.64. The van der Waals surface area contributed by atoms with E-state index in [1.54, 1.807) is 24.5 Å². The SMILES string of the molecule is COc1cccc(-c2cc(C(=O)NCC(c3cccs3)N(C)C)no2)c1. The summed E-state index contributed by atoms with van der Waals surface area (Å²) >= 11 is 1.67. The number of aromatic nitrogens is 1. The van der Waals surface area contributed by atoms with Crippen molar-refractivity contribution in [3.05, 3.63) is 58.4 Å². The van der Waals surface area contributed by atoms with Crippen molar-refractivity contribution in [1.82, 2.24) is 15.4 Å². The van der Waals surface area contributed by atoms with Gasteiger partial charge in [0.1, 0.15) is 5.75 Å². The molecule has 0 fully saturated rings. The van der Waals surface area contributed by atoms with E-state index >= 15 is 0 Å². The predicted octanol–water partition coefficient (Wildman–Crippen LogP) is 3.44. The summed E-state index contributed by atoms with van der Waals surface area (Å²) in [6, 6.07) is 13.3. The zero-order chi connectivity index (χ0) is 18.5. The number of carbonyl (C=O) groups excluding carboxylic acids is 1. The molecule has 0 bridgehead atoms. The van der Waals surface area contributed by atoms with Crippen molar-refractivity contribution in [3.8, 4) is 17.1 Å². The van der Waals surface area contributed by atoms with Gasteiger partial charge in [-0.25, -0.2) is 0 Å². The molecule has 0 saturated carbocycles. The summed E-state index contributed by atoms with van der Waals surface area (Å²) in [5.41, 5.74) is 1.06. The zero-order valence-corrected chi connectivity index (χ0v) is 15.7. The largest absolute Gasteiger partial charge is 0.497 e. The Morgan fingerprint density at radius 3 is 2.85 bits per heavy atom. The third kappa shape index (κ3) is 4.12. The van der Waals surface area contributed by atoms with Gasteiger partial charge in [-0.15, -0.1) is 11.3 Å². The summed E-state index contributed by atoms with van der Waals surface area (Å²) < 4.78 is 10.5. The average Bonchev–Trinajstić information content (AvgIpc) is 3.33. The molecule has 3 rings (SSSR count).